The second-order valence-corrected chi connectivity index (χ2v) is 12.2. The maximum Gasteiger partial charge on any atom is 0.314 e. The van der Waals surface area contributed by atoms with Crippen molar-refractivity contribution in [2.75, 3.05) is 13.2 Å². The van der Waals surface area contributed by atoms with E-state index in [0.29, 0.717) is 36.7 Å². The van der Waals surface area contributed by atoms with E-state index < -0.39 is 63.7 Å². The van der Waals surface area contributed by atoms with Gasteiger partial charge in [-0.1, -0.05) is 13.0 Å². The van der Waals surface area contributed by atoms with Crippen LogP contribution in [0.5, 0.6) is 17.2 Å². The van der Waals surface area contributed by atoms with Crippen molar-refractivity contribution < 1.29 is 45.3 Å². The molecule has 0 bridgehead atoms. The summed E-state index contributed by atoms with van der Waals surface area (Å²) in [6, 6.07) is 7.45. The van der Waals surface area contributed by atoms with Crippen molar-refractivity contribution in [2.24, 2.45) is 17.8 Å². The SMILES string of the molecule is CCCOc1ccc(-c2ccc(OC(=O)C3CCC(C4CCC(c5ccc(OCC)c(F)c5F)CC4)CC3)c(F)c2F)c(F)c1F. The lowest BCUT2D eigenvalue weighted by atomic mass is 9.68. The maximum absolute atomic E-state index is 15.0. The van der Waals surface area contributed by atoms with Crippen LogP contribution in [0.15, 0.2) is 36.4 Å². The second-order valence-electron chi connectivity index (χ2n) is 12.2. The van der Waals surface area contributed by atoms with Crippen molar-refractivity contribution in [3.05, 3.63) is 76.9 Å². The van der Waals surface area contributed by atoms with Crippen molar-refractivity contribution >= 4 is 5.97 Å². The molecule has 3 aromatic rings. The van der Waals surface area contributed by atoms with E-state index in [1.807, 2.05) is 0 Å². The fraction of sp³-hybridized carbons (Fsp3) is 0.472. The molecule has 2 saturated carbocycles. The molecule has 10 heteroatoms. The number of carbonyl (C=O) groups is 1. The average molecular weight is 649 g/mol. The fourth-order valence-corrected chi connectivity index (χ4v) is 6.93. The first-order chi connectivity index (χ1) is 22.1. The molecule has 0 saturated heterocycles. The second kappa shape index (κ2) is 14.8. The zero-order valence-electron chi connectivity index (χ0n) is 26.0. The Morgan fingerprint density at radius 3 is 1.70 bits per heavy atom. The molecule has 46 heavy (non-hydrogen) atoms. The van der Waals surface area contributed by atoms with E-state index >= 15 is 4.39 Å². The molecule has 0 unspecified atom stereocenters. The smallest absolute Gasteiger partial charge is 0.314 e. The first kappa shape index (κ1) is 33.7. The van der Waals surface area contributed by atoms with E-state index in [1.165, 1.54) is 6.07 Å². The number of ether oxygens (including phenoxy) is 3. The summed E-state index contributed by atoms with van der Waals surface area (Å²) in [6.45, 7) is 3.93. The van der Waals surface area contributed by atoms with Crippen LogP contribution in [0, 0.1) is 52.7 Å². The van der Waals surface area contributed by atoms with Crippen LogP contribution in [0.25, 0.3) is 11.1 Å². The van der Waals surface area contributed by atoms with Gasteiger partial charge in [0.05, 0.1) is 19.1 Å². The number of hydrogen-bond acceptors (Lipinski definition) is 4. The summed E-state index contributed by atoms with van der Waals surface area (Å²) in [4.78, 5) is 12.9. The molecule has 0 amide bonds. The third-order valence-electron chi connectivity index (χ3n) is 9.42. The van der Waals surface area contributed by atoms with Crippen LogP contribution in [0.4, 0.5) is 26.3 Å². The van der Waals surface area contributed by atoms with Crippen LogP contribution in [-0.4, -0.2) is 19.2 Å². The normalized spacial score (nSPS) is 21.6. The molecule has 0 heterocycles. The van der Waals surface area contributed by atoms with Crippen molar-refractivity contribution in [1.29, 1.82) is 0 Å². The van der Waals surface area contributed by atoms with Crippen LogP contribution >= 0.6 is 0 Å². The topological polar surface area (TPSA) is 44.8 Å². The van der Waals surface area contributed by atoms with Crippen LogP contribution < -0.4 is 14.2 Å². The maximum atomic E-state index is 15.0. The van der Waals surface area contributed by atoms with Gasteiger partial charge >= 0.3 is 5.97 Å². The van der Waals surface area contributed by atoms with E-state index in [9.17, 15) is 26.7 Å². The average Bonchev–Trinajstić information content (AvgIpc) is 3.07. The number of esters is 1. The first-order valence-electron chi connectivity index (χ1n) is 16.1. The number of carbonyl (C=O) groups excluding carboxylic acids is 1. The van der Waals surface area contributed by atoms with E-state index in [0.717, 1.165) is 62.8 Å². The van der Waals surface area contributed by atoms with Gasteiger partial charge in [-0.3, -0.25) is 4.79 Å². The van der Waals surface area contributed by atoms with Crippen molar-refractivity contribution in [3.8, 4) is 28.4 Å². The summed E-state index contributed by atoms with van der Waals surface area (Å²) >= 11 is 0. The van der Waals surface area contributed by atoms with Gasteiger partial charge in [0.15, 0.2) is 34.7 Å². The Morgan fingerprint density at radius 2 is 1.11 bits per heavy atom. The van der Waals surface area contributed by atoms with Crippen molar-refractivity contribution in [2.45, 2.75) is 77.6 Å². The van der Waals surface area contributed by atoms with Gasteiger partial charge in [-0.15, -0.1) is 0 Å². The van der Waals surface area contributed by atoms with Gasteiger partial charge in [-0.2, -0.15) is 13.2 Å². The highest BCUT2D eigenvalue weighted by Crippen LogP contribution is 2.45. The highest BCUT2D eigenvalue weighted by Gasteiger charge is 2.35. The van der Waals surface area contributed by atoms with E-state index in [4.69, 9.17) is 14.2 Å². The monoisotopic (exact) mass is 648 g/mol. The molecule has 248 valence electrons. The standard InChI is InChI=1S/C36H38F6O4/c1-3-19-45-28-17-14-25(31(38)34(28)41)26-15-18-29(35(42)32(26)39)46-36(43)23-11-7-21(8-12-23)20-5-9-22(10-6-20)24-13-16-27(44-4-2)33(40)30(24)37/h13-18,20-23H,3-12,19H2,1-2H3. The molecule has 5 rings (SSSR count). The van der Waals surface area contributed by atoms with Crippen LogP contribution in [-0.2, 0) is 4.79 Å². The highest BCUT2D eigenvalue weighted by atomic mass is 19.2. The Labute approximate surface area is 265 Å². The molecule has 0 radical (unpaired) electrons. The summed E-state index contributed by atoms with van der Waals surface area (Å²) in [5.41, 5.74) is -0.615. The zero-order chi connectivity index (χ0) is 33.0. The summed E-state index contributed by atoms with van der Waals surface area (Å²) < 4.78 is 104. The highest BCUT2D eigenvalue weighted by molar-refractivity contribution is 5.76. The number of rotatable bonds is 10. The van der Waals surface area contributed by atoms with Crippen molar-refractivity contribution in [1.82, 2.24) is 0 Å². The third-order valence-corrected chi connectivity index (χ3v) is 9.42. The van der Waals surface area contributed by atoms with Crippen LogP contribution in [0.3, 0.4) is 0 Å². The van der Waals surface area contributed by atoms with Gasteiger partial charge in [0.25, 0.3) is 0 Å². The molecule has 0 atom stereocenters. The molecular formula is C36H38F6O4. The quantitative estimate of drug-likeness (QED) is 0.125. The van der Waals surface area contributed by atoms with E-state index in [2.05, 4.69) is 0 Å². The lowest BCUT2D eigenvalue weighted by Gasteiger charge is -2.37. The zero-order valence-corrected chi connectivity index (χ0v) is 26.0. The molecule has 2 fully saturated rings. The van der Waals surface area contributed by atoms with Gasteiger partial charge in [-0.25, -0.2) is 13.2 Å². The van der Waals surface area contributed by atoms with Gasteiger partial charge < -0.3 is 14.2 Å². The predicted molar refractivity (Wildman–Crippen MR) is 161 cm³/mol. The molecule has 2 aliphatic carbocycles. The van der Waals surface area contributed by atoms with E-state index in [1.54, 1.807) is 19.9 Å². The van der Waals surface area contributed by atoms with Gasteiger partial charge in [0.2, 0.25) is 17.5 Å². The molecule has 0 N–H and O–H groups in total. The molecule has 0 aromatic heterocycles. The Balaban J connectivity index is 1.15. The molecule has 3 aromatic carbocycles. The molecular weight excluding hydrogens is 610 g/mol. The van der Waals surface area contributed by atoms with Crippen LogP contribution in [0.1, 0.15) is 83.1 Å². The third kappa shape index (κ3) is 7.00. The summed E-state index contributed by atoms with van der Waals surface area (Å²) in [5, 5.41) is 0. The summed E-state index contributed by atoms with van der Waals surface area (Å²) in [5.74, 6) is -8.87. The molecule has 0 spiro atoms. The van der Waals surface area contributed by atoms with Crippen LogP contribution in [0.2, 0.25) is 0 Å². The summed E-state index contributed by atoms with van der Waals surface area (Å²) in [6.07, 6.45) is 6.38. The molecule has 0 aliphatic heterocycles. The number of hydrogen-bond donors (Lipinski definition) is 0. The number of benzene rings is 3. The van der Waals surface area contributed by atoms with Crippen molar-refractivity contribution in [3.63, 3.8) is 0 Å². The Kier molecular flexibility index (Phi) is 10.8. The lowest BCUT2D eigenvalue weighted by molar-refractivity contribution is -0.140. The lowest BCUT2D eigenvalue weighted by Crippen LogP contribution is -2.30. The predicted octanol–water partition coefficient (Wildman–Crippen LogP) is 10.1. The largest absolute Gasteiger partial charge is 0.491 e. The van der Waals surface area contributed by atoms with Gasteiger partial charge in [0, 0.05) is 11.1 Å². The molecule has 4 nitrogen and oxygen atoms in total. The first-order valence-corrected chi connectivity index (χ1v) is 16.1. The van der Waals surface area contributed by atoms with Gasteiger partial charge in [0.1, 0.15) is 0 Å². The minimum absolute atomic E-state index is 0.0656. The molecule has 2 aliphatic rings. The minimum atomic E-state index is -1.47. The van der Waals surface area contributed by atoms with Gasteiger partial charge in [-0.05, 0) is 118 Å². The number of halogens is 6. The Hall–Kier alpha value is -3.69. The summed E-state index contributed by atoms with van der Waals surface area (Å²) in [7, 11) is 0. The Morgan fingerprint density at radius 1 is 0.609 bits per heavy atom. The van der Waals surface area contributed by atoms with E-state index in [-0.39, 0.29) is 30.6 Å². The Bertz CT molecular complexity index is 1540. The minimum Gasteiger partial charge on any atom is -0.491 e. The fourth-order valence-electron chi connectivity index (χ4n) is 6.93.